The van der Waals surface area contributed by atoms with Crippen molar-refractivity contribution in [3.63, 3.8) is 0 Å². The second kappa shape index (κ2) is 7.86. The third-order valence-corrected chi connectivity index (χ3v) is 4.87. The zero-order chi connectivity index (χ0) is 19.3. The summed E-state index contributed by atoms with van der Waals surface area (Å²) in [6, 6.07) is 12.8. The standard InChI is InChI=1S/C21H13N3O3S/c22-10-18-17(16-5-7-26-13-16)9-19(21-23-6-8-28-21)24-20(18)27-12-15-3-1-14(11-25)2-4-15/h1-9,11,13H,12H2. The van der Waals surface area contributed by atoms with E-state index in [2.05, 4.69) is 16.0 Å². The van der Waals surface area contributed by atoms with Crippen molar-refractivity contribution in [2.75, 3.05) is 0 Å². The molecule has 0 saturated heterocycles. The molecule has 0 radical (unpaired) electrons. The average molecular weight is 387 g/mol. The Morgan fingerprint density at radius 1 is 1.25 bits per heavy atom. The molecule has 1 aromatic carbocycles. The van der Waals surface area contributed by atoms with Gasteiger partial charge in [0.2, 0.25) is 5.88 Å². The first kappa shape index (κ1) is 17.6. The lowest BCUT2D eigenvalue weighted by Crippen LogP contribution is -2.02. The van der Waals surface area contributed by atoms with Crippen molar-refractivity contribution in [3.05, 3.63) is 77.2 Å². The topological polar surface area (TPSA) is 89.0 Å². The molecule has 0 spiro atoms. The van der Waals surface area contributed by atoms with Crippen LogP contribution in [0.2, 0.25) is 0 Å². The number of pyridine rings is 1. The van der Waals surface area contributed by atoms with Gasteiger partial charge in [-0.1, -0.05) is 24.3 Å². The Hall–Kier alpha value is -3.76. The predicted molar refractivity (Wildman–Crippen MR) is 104 cm³/mol. The highest BCUT2D eigenvalue weighted by molar-refractivity contribution is 7.13. The Morgan fingerprint density at radius 2 is 2.11 bits per heavy atom. The Bertz CT molecular complexity index is 1130. The number of aromatic nitrogens is 2. The fourth-order valence-electron chi connectivity index (χ4n) is 2.68. The number of benzene rings is 1. The van der Waals surface area contributed by atoms with Gasteiger partial charge >= 0.3 is 0 Å². The molecule has 0 fully saturated rings. The quantitative estimate of drug-likeness (QED) is 0.444. The summed E-state index contributed by atoms with van der Waals surface area (Å²) < 4.78 is 11.1. The van der Waals surface area contributed by atoms with Crippen LogP contribution in [-0.2, 0) is 6.61 Å². The number of furan rings is 1. The summed E-state index contributed by atoms with van der Waals surface area (Å²) in [7, 11) is 0. The number of hydrogen-bond acceptors (Lipinski definition) is 7. The Morgan fingerprint density at radius 3 is 2.75 bits per heavy atom. The van der Waals surface area contributed by atoms with Gasteiger partial charge in [0.1, 0.15) is 35.2 Å². The smallest absolute Gasteiger partial charge is 0.233 e. The summed E-state index contributed by atoms with van der Waals surface area (Å²) in [6.45, 7) is 0.215. The molecular formula is C21H13N3O3S. The number of aldehydes is 1. The van der Waals surface area contributed by atoms with Gasteiger partial charge in [0.25, 0.3) is 0 Å². The van der Waals surface area contributed by atoms with Crippen LogP contribution < -0.4 is 4.74 Å². The number of ether oxygens (including phenoxy) is 1. The Labute approximate surface area is 164 Å². The number of hydrogen-bond donors (Lipinski definition) is 0. The van der Waals surface area contributed by atoms with Crippen LogP contribution in [0.5, 0.6) is 5.88 Å². The van der Waals surface area contributed by atoms with Crippen LogP contribution in [0.15, 0.2) is 64.9 Å². The average Bonchev–Trinajstić information content (AvgIpc) is 3.46. The van der Waals surface area contributed by atoms with E-state index in [1.54, 1.807) is 49.1 Å². The minimum Gasteiger partial charge on any atom is -0.472 e. The van der Waals surface area contributed by atoms with Gasteiger partial charge in [0.15, 0.2) is 0 Å². The molecule has 0 saturated carbocycles. The first-order chi connectivity index (χ1) is 13.8. The first-order valence-corrected chi connectivity index (χ1v) is 9.21. The number of rotatable bonds is 6. The summed E-state index contributed by atoms with van der Waals surface area (Å²) in [5.41, 5.74) is 3.83. The first-order valence-electron chi connectivity index (χ1n) is 8.33. The highest BCUT2D eigenvalue weighted by Gasteiger charge is 2.18. The zero-order valence-corrected chi connectivity index (χ0v) is 15.3. The lowest BCUT2D eigenvalue weighted by molar-refractivity contribution is 0.112. The van der Waals surface area contributed by atoms with E-state index in [9.17, 15) is 10.1 Å². The van der Waals surface area contributed by atoms with Crippen LogP contribution in [0.4, 0.5) is 0 Å². The largest absolute Gasteiger partial charge is 0.472 e. The van der Waals surface area contributed by atoms with Crippen LogP contribution in [-0.4, -0.2) is 16.3 Å². The Balaban J connectivity index is 1.74. The van der Waals surface area contributed by atoms with E-state index in [-0.39, 0.29) is 12.5 Å². The van der Waals surface area contributed by atoms with Crippen LogP contribution in [0.3, 0.4) is 0 Å². The van der Waals surface area contributed by atoms with E-state index < -0.39 is 0 Å². The lowest BCUT2D eigenvalue weighted by atomic mass is 10.0. The number of nitrogens with zero attached hydrogens (tertiary/aromatic N) is 3. The summed E-state index contributed by atoms with van der Waals surface area (Å²) >= 11 is 1.45. The molecule has 0 N–H and O–H groups in total. The van der Waals surface area contributed by atoms with Gasteiger partial charge in [-0.05, 0) is 17.7 Å². The number of thiazole rings is 1. The van der Waals surface area contributed by atoms with Crippen LogP contribution in [0, 0.1) is 11.3 Å². The van der Waals surface area contributed by atoms with Gasteiger partial charge in [-0.3, -0.25) is 4.79 Å². The monoisotopic (exact) mass is 387 g/mol. The molecule has 3 aromatic heterocycles. The van der Waals surface area contributed by atoms with Crippen molar-refractivity contribution >= 4 is 17.6 Å². The Kier molecular flexibility index (Phi) is 4.95. The lowest BCUT2D eigenvalue weighted by Gasteiger charge is -2.12. The van der Waals surface area contributed by atoms with Crippen molar-refractivity contribution in [3.8, 4) is 33.8 Å². The van der Waals surface area contributed by atoms with Crippen LogP contribution in [0.1, 0.15) is 21.5 Å². The summed E-state index contributed by atoms with van der Waals surface area (Å²) in [5, 5.41) is 12.3. The molecule has 0 atom stereocenters. The third-order valence-electron chi connectivity index (χ3n) is 4.07. The predicted octanol–water partition coefficient (Wildman–Crippen LogP) is 4.73. The second-order valence-corrected chi connectivity index (χ2v) is 6.74. The molecule has 4 rings (SSSR count). The molecule has 136 valence electrons. The molecule has 6 nitrogen and oxygen atoms in total. The zero-order valence-electron chi connectivity index (χ0n) is 14.5. The van der Waals surface area contributed by atoms with Crippen molar-refractivity contribution in [1.29, 1.82) is 5.26 Å². The molecule has 0 aliphatic carbocycles. The fraction of sp³-hybridized carbons (Fsp3) is 0.0476. The van der Waals surface area contributed by atoms with E-state index in [1.807, 2.05) is 11.4 Å². The van der Waals surface area contributed by atoms with Crippen LogP contribution >= 0.6 is 11.3 Å². The van der Waals surface area contributed by atoms with Crippen molar-refractivity contribution in [2.24, 2.45) is 0 Å². The van der Waals surface area contributed by atoms with E-state index >= 15 is 0 Å². The van der Waals surface area contributed by atoms with Gasteiger partial charge in [-0.2, -0.15) is 5.26 Å². The SMILES string of the molecule is N#Cc1c(-c2ccoc2)cc(-c2nccs2)nc1OCc1ccc(C=O)cc1. The second-order valence-electron chi connectivity index (χ2n) is 5.84. The summed E-state index contributed by atoms with van der Waals surface area (Å²) in [5.74, 6) is 0.228. The van der Waals surface area contributed by atoms with Crippen LogP contribution in [0.25, 0.3) is 21.8 Å². The molecule has 0 aliphatic rings. The molecule has 7 heteroatoms. The molecule has 0 unspecified atom stereocenters. The summed E-state index contributed by atoms with van der Waals surface area (Å²) in [6.07, 6.45) is 5.61. The highest BCUT2D eigenvalue weighted by atomic mass is 32.1. The molecule has 0 bridgehead atoms. The highest BCUT2D eigenvalue weighted by Crippen LogP contribution is 2.34. The maximum atomic E-state index is 10.8. The maximum absolute atomic E-state index is 10.8. The summed E-state index contributed by atoms with van der Waals surface area (Å²) in [4.78, 5) is 19.6. The molecule has 3 heterocycles. The molecule has 0 amide bonds. The minimum absolute atomic E-state index is 0.215. The molecule has 28 heavy (non-hydrogen) atoms. The van der Waals surface area contributed by atoms with Gasteiger partial charge in [0, 0.05) is 28.3 Å². The number of nitriles is 1. The molecular weight excluding hydrogens is 374 g/mol. The number of carbonyl (C=O) groups excluding carboxylic acids is 1. The molecule has 0 aliphatic heterocycles. The van der Waals surface area contributed by atoms with Gasteiger partial charge in [0.05, 0.1) is 12.5 Å². The maximum Gasteiger partial charge on any atom is 0.233 e. The van der Waals surface area contributed by atoms with E-state index in [1.165, 1.54) is 11.3 Å². The third kappa shape index (κ3) is 3.54. The van der Waals surface area contributed by atoms with E-state index in [4.69, 9.17) is 9.15 Å². The van der Waals surface area contributed by atoms with Crippen molar-refractivity contribution in [2.45, 2.75) is 6.61 Å². The van der Waals surface area contributed by atoms with Crippen molar-refractivity contribution in [1.82, 2.24) is 9.97 Å². The number of carbonyl (C=O) groups is 1. The van der Waals surface area contributed by atoms with Crippen molar-refractivity contribution < 1.29 is 13.9 Å². The molecule has 4 aromatic rings. The van der Waals surface area contributed by atoms with E-state index in [0.717, 1.165) is 22.4 Å². The van der Waals surface area contributed by atoms with Gasteiger partial charge in [-0.15, -0.1) is 11.3 Å². The minimum atomic E-state index is 0.215. The normalized spacial score (nSPS) is 10.4. The van der Waals surface area contributed by atoms with Gasteiger partial charge in [-0.25, -0.2) is 9.97 Å². The van der Waals surface area contributed by atoms with E-state index in [0.29, 0.717) is 22.4 Å². The van der Waals surface area contributed by atoms with Gasteiger partial charge < -0.3 is 9.15 Å². The fourth-order valence-corrected chi connectivity index (χ4v) is 3.28.